The van der Waals surface area contributed by atoms with Crippen molar-refractivity contribution in [1.82, 2.24) is 0 Å². The van der Waals surface area contributed by atoms with Crippen LogP contribution in [0.15, 0.2) is 30.3 Å². The van der Waals surface area contributed by atoms with E-state index in [9.17, 15) is 9.59 Å². The normalized spacial score (nSPS) is 11.2. The minimum absolute atomic E-state index is 0.0417. The molecule has 0 saturated carbocycles. The number of benzene rings is 1. The van der Waals surface area contributed by atoms with Crippen molar-refractivity contribution in [2.75, 3.05) is 39.6 Å². The van der Waals surface area contributed by atoms with Crippen molar-refractivity contribution in [3.05, 3.63) is 35.9 Å². The zero-order chi connectivity index (χ0) is 21.7. The van der Waals surface area contributed by atoms with Gasteiger partial charge in [-0.3, -0.25) is 0 Å². The highest BCUT2D eigenvalue weighted by Gasteiger charge is 2.20. The summed E-state index contributed by atoms with van der Waals surface area (Å²) in [6, 6.07) is 8.43. The van der Waals surface area contributed by atoms with Crippen molar-refractivity contribution >= 4 is 11.9 Å². The molecular weight excluding hydrogens is 380 g/mol. The minimum atomic E-state index is -0.653. The molecule has 1 rings (SSSR count). The molecule has 1 atom stereocenters. The van der Waals surface area contributed by atoms with Crippen molar-refractivity contribution in [3.8, 4) is 0 Å². The summed E-state index contributed by atoms with van der Waals surface area (Å²) in [6.07, 6.45) is 3.42. The summed E-state index contributed by atoms with van der Waals surface area (Å²) >= 11 is 0. The van der Waals surface area contributed by atoms with E-state index in [2.05, 4.69) is 16.7 Å². The Morgan fingerprint density at radius 2 is 1.48 bits per heavy atom. The van der Waals surface area contributed by atoms with E-state index in [0.29, 0.717) is 38.4 Å². The van der Waals surface area contributed by atoms with Crippen LogP contribution < -0.4 is 0 Å². The third-order valence-electron chi connectivity index (χ3n) is 3.78. The van der Waals surface area contributed by atoms with Gasteiger partial charge in [0.1, 0.15) is 0 Å². The topological polar surface area (TPSA) is 112 Å². The minimum Gasteiger partial charge on any atom is -0.394 e. The summed E-state index contributed by atoms with van der Waals surface area (Å²) in [5.74, 6) is -1.33. The number of unbranched alkanes of at least 4 members (excludes halogenated alkanes) is 1. The number of hydrogen-bond donors (Lipinski definition) is 2. The Morgan fingerprint density at radius 1 is 0.897 bits per heavy atom. The number of carbonyl (C=O) groups excluding carboxylic acids is 2. The van der Waals surface area contributed by atoms with Crippen LogP contribution in [0.5, 0.6) is 0 Å². The molecule has 0 radical (unpaired) electrons. The van der Waals surface area contributed by atoms with Gasteiger partial charge < -0.3 is 19.7 Å². The second-order valence-electron chi connectivity index (χ2n) is 6.06. The van der Waals surface area contributed by atoms with Crippen LogP contribution in [0.3, 0.4) is 0 Å². The third kappa shape index (κ3) is 14.6. The fourth-order valence-corrected chi connectivity index (χ4v) is 2.16. The van der Waals surface area contributed by atoms with Gasteiger partial charge >= 0.3 is 11.9 Å². The lowest BCUT2D eigenvalue weighted by atomic mass is 10.00. The van der Waals surface area contributed by atoms with Crippen LogP contribution in [-0.2, 0) is 24.0 Å². The smallest absolute Gasteiger partial charge is 0.386 e. The van der Waals surface area contributed by atoms with E-state index in [1.165, 1.54) is 0 Å². The molecule has 0 aliphatic rings. The molecule has 0 saturated heterocycles. The molecule has 166 valence electrons. The fourth-order valence-electron chi connectivity index (χ4n) is 2.16. The van der Waals surface area contributed by atoms with Crippen molar-refractivity contribution in [3.63, 3.8) is 0 Å². The Labute approximate surface area is 172 Å². The first-order valence-electron chi connectivity index (χ1n) is 9.95. The SMILES string of the molecule is CCCCC(CC)C(=O)OOC(=O)c1ccccc1.OCCOCCOCCO. The number of aliphatic hydroxyl groups is 2. The lowest BCUT2D eigenvalue weighted by Gasteiger charge is -2.11. The average Bonchev–Trinajstić information content (AvgIpc) is 2.76. The molecule has 1 aromatic carbocycles. The Hall–Kier alpha value is -2.00. The Morgan fingerprint density at radius 3 is 1.97 bits per heavy atom. The Balaban J connectivity index is 0.000000665. The maximum Gasteiger partial charge on any atom is 0.386 e. The summed E-state index contributed by atoms with van der Waals surface area (Å²) in [7, 11) is 0. The molecule has 0 spiro atoms. The molecule has 8 heteroatoms. The van der Waals surface area contributed by atoms with Gasteiger partial charge in [-0.05, 0) is 25.0 Å². The van der Waals surface area contributed by atoms with Crippen LogP contribution in [0.1, 0.15) is 49.9 Å². The molecule has 0 fully saturated rings. The quantitative estimate of drug-likeness (QED) is 0.288. The molecule has 1 aromatic rings. The molecule has 2 N–H and O–H groups in total. The molecule has 0 heterocycles. The van der Waals surface area contributed by atoms with Crippen molar-refractivity contribution in [2.45, 2.75) is 39.5 Å². The Kier molecular flexibility index (Phi) is 18.0. The second-order valence-corrected chi connectivity index (χ2v) is 6.06. The van der Waals surface area contributed by atoms with Crippen LogP contribution in [0.25, 0.3) is 0 Å². The molecule has 0 amide bonds. The van der Waals surface area contributed by atoms with Crippen molar-refractivity contribution in [2.24, 2.45) is 5.92 Å². The molecular formula is C21H34O8. The predicted octanol–water partition coefficient (Wildman–Crippen LogP) is 2.52. The number of ether oxygens (including phenoxy) is 2. The maximum absolute atomic E-state index is 11.7. The molecule has 29 heavy (non-hydrogen) atoms. The molecule has 8 nitrogen and oxygen atoms in total. The van der Waals surface area contributed by atoms with E-state index in [0.717, 1.165) is 19.3 Å². The Bertz CT molecular complexity index is 513. The zero-order valence-corrected chi connectivity index (χ0v) is 17.4. The first kappa shape index (κ1) is 27.0. The van der Waals surface area contributed by atoms with E-state index in [1.807, 2.05) is 6.92 Å². The summed E-state index contributed by atoms with van der Waals surface area (Å²) in [6.45, 7) is 5.71. The van der Waals surface area contributed by atoms with Crippen molar-refractivity contribution in [1.29, 1.82) is 0 Å². The summed E-state index contributed by atoms with van der Waals surface area (Å²) in [4.78, 5) is 32.5. The summed E-state index contributed by atoms with van der Waals surface area (Å²) in [5, 5.41) is 16.5. The monoisotopic (exact) mass is 414 g/mol. The van der Waals surface area contributed by atoms with Gasteiger partial charge in [0.2, 0.25) is 0 Å². The lowest BCUT2D eigenvalue weighted by molar-refractivity contribution is -0.238. The van der Waals surface area contributed by atoms with Gasteiger partial charge in [-0.15, -0.1) is 0 Å². The zero-order valence-electron chi connectivity index (χ0n) is 17.4. The predicted molar refractivity (Wildman–Crippen MR) is 107 cm³/mol. The highest BCUT2D eigenvalue weighted by atomic mass is 17.2. The number of aliphatic hydroxyl groups excluding tert-OH is 2. The van der Waals surface area contributed by atoms with Gasteiger partial charge in [-0.1, -0.05) is 44.9 Å². The third-order valence-corrected chi connectivity index (χ3v) is 3.78. The van der Waals surface area contributed by atoms with Gasteiger partial charge in [0, 0.05) is 0 Å². The van der Waals surface area contributed by atoms with E-state index in [-0.39, 0.29) is 19.1 Å². The van der Waals surface area contributed by atoms with Crippen molar-refractivity contribution < 1.29 is 39.1 Å². The van der Waals surface area contributed by atoms with E-state index in [4.69, 9.17) is 19.7 Å². The van der Waals surface area contributed by atoms with Crippen LogP contribution in [0.2, 0.25) is 0 Å². The van der Waals surface area contributed by atoms with Crippen LogP contribution in [0.4, 0.5) is 0 Å². The number of carbonyl (C=O) groups is 2. The summed E-state index contributed by atoms with van der Waals surface area (Å²) in [5.41, 5.74) is 0.358. The van der Waals surface area contributed by atoms with Crippen LogP contribution in [0, 0.1) is 5.92 Å². The van der Waals surface area contributed by atoms with Gasteiger partial charge in [0.05, 0.1) is 51.1 Å². The standard InChI is InChI=1S/C15H20O4.C6H14O4/c1-3-5-9-12(4-2)14(16)18-19-15(17)13-10-7-6-8-11-13;7-1-3-9-5-6-10-4-2-8/h6-8,10-12H,3-5,9H2,1-2H3;7-8H,1-6H2. The van der Waals surface area contributed by atoms with Crippen LogP contribution >= 0.6 is 0 Å². The lowest BCUT2D eigenvalue weighted by Crippen LogP contribution is -2.19. The molecule has 0 aromatic heterocycles. The van der Waals surface area contributed by atoms with E-state index < -0.39 is 11.9 Å². The molecule has 0 aliphatic carbocycles. The highest BCUT2D eigenvalue weighted by molar-refractivity contribution is 5.89. The van der Waals surface area contributed by atoms with Gasteiger partial charge in [0.15, 0.2) is 0 Å². The summed E-state index contributed by atoms with van der Waals surface area (Å²) < 4.78 is 9.75. The van der Waals surface area contributed by atoms with E-state index >= 15 is 0 Å². The van der Waals surface area contributed by atoms with Gasteiger partial charge in [-0.25, -0.2) is 19.4 Å². The second kappa shape index (κ2) is 19.3. The first-order valence-corrected chi connectivity index (χ1v) is 9.95. The molecule has 0 aliphatic heterocycles. The van der Waals surface area contributed by atoms with E-state index in [1.54, 1.807) is 30.3 Å². The first-order chi connectivity index (χ1) is 14.1. The number of hydrogen-bond acceptors (Lipinski definition) is 8. The van der Waals surface area contributed by atoms with Crippen LogP contribution in [-0.4, -0.2) is 61.8 Å². The maximum atomic E-state index is 11.7. The molecule has 0 bridgehead atoms. The van der Waals surface area contributed by atoms with Gasteiger partial charge in [0.25, 0.3) is 0 Å². The van der Waals surface area contributed by atoms with Gasteiger partial charge in [-0.2, -0.15) is 0 Å². The largest absolute Gasteiger partial charge is 0.394 e. The highest BCUT2D eigenvalue weighted by Crippen LogP contribution is 2.15. The molecule has 1 unspecified atom stereocenters. The average molecular weight is 414 g/mol. The number of rotatable bonds is 13. The fraction of sp³-hybridized carbons (Fsp3) is 0.619.